The van der Waals surface area contributed by atoms with Crippen LogP contribution in [0.15, 0.2) is 48.7 Å². The number of carbonyl (C=O) groups excluding carboxylic acids is 1. The van der Waals surface area contributed by atoms with Gasteiger partial charge in [0.25, 0.3) is 0 Å². The quantitative estimate of drug-likeness (QED) is 0.659. The second kappa shape index (κ2) is 5.10. The molecule has 0 atom stereocenters. The molecule has 4 heteroatoms. The predicted molar refractivity (Wildman–Crippen MR) is 77.8 cm³/mol. The number of hydrogen-bond acceptors (Lipinski definition) is 1. The maximum Gasteiger partial charge on any atom is 0.152 e. The van der Waals surface area contributed by atoms with E-state index >= 15 is 0 Å². The van der Waals surface area contributed by atoms with Crippen LogP contribution in [0.2, 0.25) is 5.02 Å². The van der Waals surface area contributed by atoms with E-state index in [2.05, 4.69) is 0 Å². The van der Waals surface area contributed by atoms with Crippen molar-refractivity contribution in [1.29, 1.82) is 0 Å². The van der Waals surface area contributed by atoms with Gasteiger partial charge in [-0.3, -0.25) is 4.79 Å². The fraction of sp³-hybridized carbons (Fsp3) is 0.0625. The van der Waals surface area contributed by atoms with E-state index in [-0.39, 0.29) is 5.82 Å². The molecule has 0 saturated heterocycles. The highest BCUT2D eigenvalue weighted by Crippen LogP contribution is 2.22. The van der Waals surface area contributed by atoms with Crippen molar-refractivity contribution in [1.82, 2.24) is 4.57 Å². The molecular weight excluding hydrogens is 277 g/mol. The SMILES string of the molecule is O=Cc1cn(Cc2ccc(Cl)cc2)c2ccc(F)cc12. The standard InChI is InChI=1S/C16H11ClFNO/c17-13-3-1-11(2-4-13)8-19-9-12(10-20)15-7-14(18)5-6-16(15)19/h1-7,9-10H,8H2. The zero-order chi connectivity index (χ0) is 14.1. The van der Waals surface area contributed by atoms with E-state index in [9.17, 15) is 9.18 Å². The zero-order valence-corrected chi connectivity index (χ0v) is 11.3. The lowest BCUT2D eigenvalue weighted by Crippen LogP contribution is -1.97. The number of aldehydes is 1. The van der Waals surface area contributed by atoms with Crippen LogP contribution in [0.25, 0.3) is 10.9 Å². The zero-order valence-electron chi connectivity index (χ0n) is 10.5. The van der Waals surface area contributed by atoms with Gasteiger partial charge in [-0.1, -0.05) is 23.7 Å². The molecule has 0 radical (unpaired) electrons. The van der Waals surface area contributed by atoms with Gasteiger partial charge >= 0.3 is 0 Å². The summed E-state index contributed by atoms with van der Waals surface area (Å²) in [6, 6.07) is 12.0. The van der Waals surface area contributed by atoms with Crippen LogP contribution in [0.4, 0.5) is 4.39 Å². The van der Waals surface area contributed by atoms with Crippen molar-refractivity contribution in [2.24, 2.45) is 0 Å². The number of hydrogen-bond donors (Lipinski definition) is 0. The number of benzene rings is 2. The van der Waals surface area contributed by atoms with Crippen LogP contribution in [0, 0.1) is 5.82 Å². The molecule has 3 aromatic rings. The molecule has 0 aliphatic carbocycles. The average molecular weight is 288 g/mol. The molecule has 0 unspecified atom stereocenters. The first-order valence-corrected chi connectivity index (χ1v) is 6.53. The summed E-state index contributed by atoms with van der Waals surface area (Å²) in [4.78, 5) is 11.1. The summed E-state index contributed by atoms with van der Waals surface area (Å²) < 4.78 is 15.2. The van der Waals surface area contributed by atoms with E-state index < -0.39 is 0 Å². The van der Waals surface area contributed by atoms with Crippen LogP contribution in [0.5, 0.6) is 0 Å². The largest absolute Gasteiger partial charge is 0.342 e. The van der Waals surface area contributed by atoms with Crippen molar-refractivity contribution in [2.45, 2.75) is 6.54 Å². The second-order valence-corrected chi connectivity index (χ2v) is 5.05. The van der Waals surface area contributed by atoms with Crippen LogP contribution in [0.1, 0.15) is 15.9 Å². The molecule has 0 aliphatic heterocycles. The highest BCUT2D eigenvalue weighted by atomic mass is 35.5. The van der Waals surface area contributed by atoms with E-state index in [0.717, 1.165) is 17.4 Å². The van der Waals surface area contributed by atoms with Crippen LogP contribution in [0.3, 0.4) is 0 Å². The normalized spacial score (nSPS) is 10.9. The van der Waals surface area contributed by atoms with E-state index in [1.807, 2.05) is 28.8 Å². The Labute approximate surface area is 120 Å². The first-order valence-electron chi connectivity index (χ1n) is 6.15. The molecule has 1 heterocycles. The van der Waals surface area contributed by atoms with Gasteiger partial charge in [0, 0.05) is 34.2 Å². The fourth-order valence-corrected chi connectivity index (χ4v) is 2.43. The third-order valence-corrected chi connectivity index (χ3v) is 3.52. The van der Waals surface area contributed by atoms with Gasteiger partial charge in [-0.2, -0.15) is 0 Å². The van der Waals surface area contributed by atoms with Gasteiger partial charge in [0.1, 0.15) is 5.82 Å². The summed E-state index contributed by atoms with van der Waals surface area (Å²) in [5, 5.41) is 1.32. The Morgan fingerprint density at radius 2 is 1.90 bits per heavy atom. The summed E-state index contributed by atoms with van der Waals surface area (Å²) in [5.74, 6) is -0.343. The maximum atomic E-state index is 13.3. The Hall–Kier alpha value is -2.13. The van der Waals surface area contributed by atoms with Gasteiger partial charge in [-0.25, -0.2) is 4.39 Å². The first kappa shape index (κ1) is 12.9. The molecule has 0 bridgehead atoms. The van der Waals surface area contributed by atoms with E-state index in [0.29, 0.717) is 22.5 Å². The predicted octanol–water partition coefficient (Wildman–Crippen LogP) is 4.29. The van der Waals surface area contributed by atoms with E-state index in [1.54, 1.807) is 12.3 Å². The van der Waals surface area contributed by atoms with Crippen LogP contribution >= 0.6 is 11.6 Å². The molecule has 2 aromatic carbocycles. The monoisotopic (exact) mass is 287 g/mol. The first-order chi connectivity index (χ1) is 9.67. The number of halogens is 2. The van der Waals surface area contributed by atoms with Gasteiger partial charge in [-0.15, -0.1) is 0 Å². The highest BCUT2D eigenvalue weighted by Gasteiger charge is 2.09. The highest BCUT2D eigenvalue weighted by molar-refractivity contribution is 6.30. The Balaban J connectivity index is 2.07. The third kappa shape index (κ3) is 2.32. The Morgan fingerprint density at radius 3 is 2.60 bits per heavy atom. The van der Waals surface area contributed by atoms with Crippen LogP contribution in [-0.2, 0) is 6.54 Å². The number of nitrogens with zero attached hydrogens (tertiary/aromatic N) is 1. The molecule has 0 fully saturated rings. The average Bonchev–Trinajstić information content (AvgIpc) is 2.78. The molecule has 0 spiro atoms. The van der Waals surface area contributed by atoms with Crippen molar-refractivity contribution < 1.29 is 9.18 Å². The molecule has 20 heavy (non-hydrogen) atoms. The van der Waals surface area contributed by atoms with Crippen molar-refractivity contribution in [2.75, 3.05) is 0 Å². The topological polar surface area (TPSA) is 22.0 Å². The molecule has 0 amide bonds. The minimum absolute atomic E-state index is 0.343. The minimum atomic E-state index is -0.343. The van der Waals surface area contributed by atoms with E-state index in [4.69, 9.17) is 11.6 Å². The molecular formula is C16H11ClFNO. The van der Waals surface area contributed by atoms with Crippen molar-refractivity contribution in [3.05, 3.63) is 70.6 Å². The third-order valence-electron chi connectivity index (χ3n) is 3.27. The van der Waals surface area contributed by atoms with Crippen LogP contribution in [-0.4, -0.2) is 10.9 Å². The van der Waals surface area contributed by atoms with Crippen molar-refractivity contribution in [3.8, 4) is 0 Å². The minimum Gasteiger partial charge on any atom is -0.342 e. The van der Waals surface area contributed by atoms with Gasteiger partial charge < -0.3 is 4.57 Å². The van der Waals surface area contributed by atoms with Gasteiger partial charge in [-0.05, 0) is 35.9 Å². The molecule has 1 aromatic heterocycles. The Morgan fingerprint density at radius 1 is 1.15 bits per heavy atom. The van der Waals surface area contributed by atoms with Crippen molar-refractivity contribution >= 4 is 28.8 Å². The molecule has 3 rings (SSSR count). The molecule has 100 valence electrons. The van der Waals surface area contributed by atoms with Gasteiger partial charge in [0.05, 0.1) is 0 Å². The van der Waals surface area contributed by atoms with Gasteiger partial charge in [0.15, 0.2) is 6.29 Å². The fourth-order valence-electron chi connectivity index (χ4n) is 2.31. The maximum absolute atomic E-state index is 13.3. The number of aromatic nitrogens is 1. The van der Waals surface area contributed by atoms with Crippen molar-refractivity contribution in [3.63, 3.8) is 0 Å². The Bertz CT molecular complexity index is 777. The second-order valence-electron chi connectivity index (χ2n) is 4.62. The van der Waals surface area contributed by atoms with Gasteiger partial charge in [0.2, 0.25) is 0 Å². The summed E-state index contributed by atoms with van der Waals surface area (Å²) in [6.07, 6.45) is 2.49. The lowest BCUT2D eigenvalue weighted by atomic mass is 10.2. The summed E-state index contributed by atoms with van der Waals surface area (Å²) in [7, 11) is 0. The lowest BCUT2D eigenvalue weighted by molar-refractivity contribution is 0.112. The summed E-state index contributed by atoms with van der Waals surface area (Å²) in [6.45, 7) is 0.604. The number of carbonyl (C=O) groups is 1. The lowest BCUT2D eigenvalue weighted by Gasteiger charge is -2.05. The molecule has 0 saturated carbocycles. The molecule has 0 N–H and O–H groups in total. The molecule has 0 aliphatic rings. The smallest absolute Gasteiger partial charge is 0.152 e. The number of fused-ring (bicyclic) bond motifs is 1. The van der Waals surface area contributed by atoms with E-state index in [1.165, 1.54) is 12.1 Å². The Kier molecular flexibility index (Phi) is 3.28. The summed E-state index contributed by atoms with van der Waals surface area (Å²) >= 11 is 5.86. The summed E-state index contributed by atoms with van der Waals surface area (Å²) in [5.41, 5.74) is 2.39. The molecule has 2 nitrogen and oxygen atoms in total. The van der Waals surface area contributed by atoms with Crippen LogP contribution < -0.4 is 0 Å². The number of rotatable bonds is 3.